The molecule has 2 aliphatic rings. The van der Waals surface area contributed by atoms with Crippen molar-refractivity contribution in [1.82, 2.24) is 9.80 Å². The van der Waals surface area contributed by atoms with E-state index in [1.165, 1.54) is 15.3 Å². The molecular formula is C16H20N2O3S2. The van der Waals surface area contributed by atoms with Crippen LogP contribution in [0.3, 0.4) is 0 Å². The summed E-state index contributed by atoms with van der Waals surface area (Å²) in [4.78, 5) is 40.4. The average molecular weight is 352 g/mol. The van der Waals surface area contributed by atoms with Crippen LogP contribution in [0, 0.1) is 6.92 Å². The van der Waals surface area contributed by atoms with Crippen LogP contribution in [0.2, 0.25) is 0 Å². The number of thioether (sulfide) groups is 1. The second-order valence-electron chi connectivity index (χ2n) is 5.96. The molecule has 1 aromatic rings. The lowest BCUT2D eigenvalue weighted by Crippen LogP contribution is -2.48. The van der Waals surface area contributed by atoms with Crippen LogP contribution in [-0.4, -0.2) is 51.7 Å². The molecule has 0 atom stereocenters. The first-order valence-electron chi connectivity index (χ1n) is 7.86. The Bertz CT molecular complexity index is 605. The fraction of sp³-hybridized carbons (Fsp3) is 0.562. The third-order valence-electron chi connectivity index (χ3n) is 4.50. The summed E-state index contributed by atoms with van der Waals surface area (Å²) < 4.78 is 0. The van der Waals surface area contributed by atoms with Crippen molar-refractivity contribution < 1.29 is 14.4 Å². The summed E-state index contributed by atoms with van der Waals surface area (Å²) in [5, 5.41) is 1.93. The molecule has 23 heavy (non-hydrogen) atoms. The van der Waals surface area contributed by atoms with E-state index in [0.717, 1.165) is 18.2 Å². The molecule has 0 aliphatic carbocycles. The Hall–Kier alpha value is -1.34. The van der Waals surface area contributed by atoms with Gasteiger partial charge in [0.05, 0.1) is 5.75 Å². The largest absolute Gasteiger partial charge is 0.343 e. The molecule has 2 aliphatic heterocycles. The molecule has 2 fully saturated rings. The maximum Gasteiger partial charge on any atom is 0.289 e. The molecule has 124 valence electrons. The quantitative estimate of drug-likeness (QED) is 0.836. The highest BCUT2D eigenvalue weighted by atomic mass is 32.2. The Morgan fingerprint density at radius 1 is 1.30 bits per heavy atom. The molecule has 0 bridgehead atoms. The zero-order valence-corrected chi connectivity index (χ0v) is 14.8. The van der Waals surface area contributed by atoms with E-state index in [1.807, 2.05) is 4.90 Å². The molecule has 7 heteroatoms. The third kappa shape index (κ3) is 3.61. The Kier molecular flexibility index (Phi) is 5.06. The first-order chi connectivity index (χ1) is 11.1. The molecule has 3 amide bonds. The van der Waals surface area contributed by atoms with Crippen molar-refractivity contribution in [3.8, 4) is 0 Å². The van der Waals surface area contributed by atoms with Crippen LogP contribution in [0.25, 0.3) is 0 Å². The van der Waals surface area contributed by atoms with E-state index in [-0.39, 0.29) is 28.8 Å². The zero-order chi connectivity index (χ0) is 16.4. The van der Waals surface area contributed by atoms with E-state index in [4.69, 9.17) is 0 Å². The summed E-state index contributed by atoms with van der Waals surface area (Å²) in [7, 11) is 0. The van der Waals surface area contributed by atoms with Gasteiger partial charge < -0.3 is 4.90 Å². The zero-order valence-electron chi connectivity index (χ0n) is 13.1. The maximum absolute atomic E-state index is 12.3. The predicted molar refractivity (Wildman–Crippen MR) is 91.7 cm³/mol. The lowest BCUT2D eigenvalue weighted by molar-refractivity contribution is -0.133. The Morgan fingerprint density at radius 3 is 2.61 bits per heavy atom. The van der Waals surface area contributed by atoms with Gasteiger partial charge in [-0.1, -0.05) is 11.8 Å². The second kappa shape index (κ2) is 7.05. The van der Waals surface area contributed by atoms with Gasteiger partial charge >= 0.3 is 0 Å². The van der Waals surface area contributed by atoms with E-state index < -0.39 is 0 Å². The van der Waals surface area contributed by atoms with Crippen molar-refractivity contribution in [2.24, 2.45) is 0 Å². The monoisotopic (exact) mass is 352 g/mol. The molecule has 3 rings (SSSR count). The summed E-state index contributed by atoms with van der Waals surface area (Å²) in [5.74, 6) is 0.348. The molecular weight excluding hydrogens is 332 g/mol. The molecule has 3 heterocycles. The van der Waals surface area contributed by atoms with Crippen molar-refractivity contribution >= 4 is 40.2 Å². The summed E-state index contributed by atoms with van der Waals surface area (Å²) in [6.07, 6.45) is 2.72. The van der Waals surface area contributed by atoms with Crippen LogP contribution in [-0.2, 0) is 16.0 Å². The fourth-order valence-electron chi connectivity index (χ4n) is 3.13. The lowest BCUT2D eigenvalue weighted by atomic mass is 10.0. The summed E-state index contributed by atoms with van der Waals surface area (Å²) in [5.41, 5.74) is 1.25. The number of piperidine rings is 1. The summed E-state index contributed by atoms with van der Waals surface area (Å²) >= 11 is 2.78. The molecule has 0 unspecified atom stereocenters. The Balaban J connectivity index is 1.48. The van der Waals surface area contributed by atoms with Crippen molar-refractivity contribution in [2.45, 2.75) is 38.6 Å². The molecule has 2 saturated heterocycles. The number of likely N-dealkylation sites (tertiary alicyclic amines) is 1. The van der Waals surface area contributed by atoms with Gasteiger partial charge in [0.2, 0.25) is 11.8 Å². The van der Waals surface area contributed by atoms with Crippen LogP contribution in [0.15, 0.2) is 11.4 Å². The number of carbonyl (C=O) groups is 3. The van der Waals surface area contributed by atoms with Crippen LogP contribution < -0.4 is 0 Å². The molecule has 0 saturated carbocycles. The minimum absolute atomic E-state index is 0.0337. The molecule has 0 N–H and O–H groups in total. The number of hydrogen-bond donors (Lipinski definition) is 0. The van der Waals surface area contributed by atoms with Gasteiger partial charge in [-0.25, -0.2) is 0 Å². The first kappa shape index (κ1) is 16.5. The van der Waals surface area contributed by atoms with Gasteiger partial charge in [-0.05, 0) is 43.2 Å². The normalized spacial score (nSPS) is 19.7. The van der Waals surface area contributed by atoms with E-state index in [0.29, 0.717) is 32.4 Å². The first-order valence-corrected chi connectivity index (χ1v) is 9.72. The predicted octanol–water partition coefficient (Wildman–Crippen LogP) is 2.68. The third-order valence-corrected chi connectivity index (χ3v) is 6.42. The van der Waals surface area contributed by atoms with E-state index in [9.17, 15) is 14.4 Å². The van der Waals surface area contributed by atoms with Crippen LogP contribution >= 0.6 is 23.1 Å². The van der Waals surface area contributed by atoms with E-state index in [1.54, 1.807) is 11.3 Å². The lowest BCUT2D eigenvalue weighted by Gasteiger charge is -2.35. The smallest absolute Gasteiger partial charge is 0.289 e. The van der Waals surface area contributed by atoms with Crippen molar-refractivity contribution in [1.29, 1.82) is 0 Å². The number of aryl methyl sites for hydroxylation is 2. The van der Waals surface area contributed by atoms with Gasteiger partial charge in [0, 0.05) is 30.4 Å². The minimum Gasteiger partial charge on any atom is -0.343 e. The molecule has 0 aromatic carbocycles. The van der Waals surface area contributed by atoms with Gasteiger partial charge in [0.1, 0.15) is 0 Å². The van der Waals surface area contributed by atoms with Gasteiger partial charge in [0.25, 0.3) is 5.24 Å². The van der Waals surface area contributed by atoms with Gasteiger partial charge in [0.15, 0.2) is 0 Å². The van der Waals surface area contributed by atoms with E-state index >= 15 is 0 Å². The number of hydrogen-bond acceptors (Lipinski definition) is 5. The Labute approximate surface area is 144 Å². The number of amides is 3. The topological polar surface area (TPSA) is 57.7 Å². The molecule has 0 radical (unpaired) electrons. The number of carbonyl (C=O) groups excluding carboxylic acids is 3. The summed E-state index contributed by atoms with van der Waals surface area (Å²) in [6.45, 7) is 3.34. The number of nitrogens with zero attached hydrogens (tertiary/aromatic N) is 2. The number of thiophene rings is 1. The second-order valence-corrected chi connectivity index (χ2v) is 7.88. The number of rotatable bonds is 4. The highest BCUT2D eigenvalue weighted by molar-refractivity contribution is 8.14. The van der Waals surface area contributed by atoms with Crippen LogP contribution in [0.4, 0.5) is 4.79 Å². The minimum atomic E-state index is -0.132. The molecule has 1 aromatic heterocycles. The highest BCUT2D eigenvalue weighted by Gasteiger charge is 2.37. The van der Waals surface area contributed by atoms with E-state index in [2.05, 4.69) is 18.4 Å². The van der Waals surface area contributed by atoms with Crippen molar-refractivity contribution in [3.63, 3.8) is 0 Å². The average Bonchev–Trinajstić information content (AvgIpc) is 3.11. The van der Waals surface area contributed by atoms with Gasteiger partial charge in [-0.2, -0.15) is 0 Å². The van der Waals surface area contributed by atoms with Crippen LogP contribution in [0.1, 0.15) is 29.7 Å². The summed E-state index contributed by atoms with van der Waals surface area (Å²) in [6, 6.07) is 2.05. The maximum atomic E-state index is 12.3. The SMILES string of the molecule is Cc1ccsc1CCC(=O)N1CCC(N2C(=O)CSC2=O)CC1. The van der Waals surface area contributed by atoms with Crippen molar-refractivity contribution in [2.75, 3.05) is 18.8 Å². The molecule has 5 nitrogen and oxygen atoms in total. The Morgan fingerprint density at radius 2 is 2.04 bits per heavy atom. The highest BCUT2D eigenvalue weighted by Crippen LogP contribution is 2.27. The fourth-order valence-corrected chi connectivity index (χ4v) is 4.82. The number of imide groups is 1. The standard InChI is InChI=1S/C16H20N2O3S2/c1-11-6-9-22-13(11)2-3-14(19)17-7-4-12(5-8-17)18-15(20)10-23-16(18)21/h6,9,12H,2-5,7-8,10H2,1H3. The van der Waals surface area contributed by atoms with Crippen LogP contribution in [0.5, 0.6) is 0 Å². The van der Waals surface area contributed by atoms with Crippen molar-refractivity contribution in [3.05, 3.63) is 21.9 Å². The molecule has 0 spiro atoms. The van der Waals surface area contributed by atoms with Gasteiger partial charge in [-0.3, -0.25) is 19.3 Å². The van der Waals surface area contributed by atoms with Gasteiger partial charge in [-0.15, -0.1) is 11.3 Å².